The summed E-state index contributed by atoms with van der Waals surface area (Å²) in [5.41, 5.74) is 2.62. The molecule has 1 aliphatic rings. The van der Waals surface area contributed by atoms with E-state index < -0.39 is 0 Å². The second-order valence-corrected chi connectivity index (χ2v) is 8.31. The van der Waals surface area contributed by atoms with Crippen molar-refractivity contribution in [2.45, 2.75) is 25.6 Å². The molecule has 0 atom stereocenters. The minimum atomic E-state index is -0.344. The van der Waals surface area contributed by atoms with E-state index in [9.17, 15) is 14.9 Å². The van der Waals surface area contributed by atoms with Crippen LogP contribution in [0.4, 0.5) is 9.80 Å². The Morgan fingerprint density at radius 2 is 2.14 bits per heavy atom. The molecule has 2 aromatic rings. The van der Waals surface area contributed by atoms with Crippen molar-refractivity contribution in [3.05, 3.63) is 51.9 Å². The van der Waals surface area contributed by atoms with Crippen LogP contribution in [0.15, 0.2) is 30.3 Å². The Labute approximate surface area is 172 Å². The van der Waals surface area contributed by atoms with Crippen LogP contribution in [0, 0.1) is 11.3 Å². The van der Waals surface area contributed by atoms with E-state index in [0.717, 1.165) is 16.2 Å². The van der Waals surface area contributed by atoms with Crippen LogP contribution >= 0.6 is 23.1 Å². The lowest BCUT2D eigenvalue weighted by atomic mass is 10.0. The van der Waals surface area contributed by atoms with Gasteiger partial charge in [-0.25, -0.2) is 4.79 Å². The van der Waals surface area contributed by atoms with Gasteiger partial charge in [0.2, 0.25) is 5.91 Å². The van der Waals surface area contributed by atoms with E-state index in [2.05, 4.69) is 11.4 Å². The molecule has 0 bridgehead atoms. The number of hydrogen-bond acceptors (Lipinski definition) is 6. The first-order valence-electron chi connectivity index (χ1n) is 9.00. The molecule has 0 unspecified atom stereocenters. The van der Waals surface area contributed by atoms with Crippen molar-refractivity contribution in [2.75, 3.05) is 24.2 Å². The standard InChI is InChI=1S/C20H21N3O3S2/c1-2-26-20(25)23-9-8-15-16(10-21)19(28-17(15)11-23)22-18(24)13-27-12-14-6-4-3-5-7-14/h3-7H,2,8-9,11-13H2,1H3,(H,22,24). The number of fused-ring (bicyclic) bond motifs is 1. The van der Waals surface area contributed by atoms with Crippen LogP contribution in [-0.4, -0.2) is 35.8 Å². The summed E-state index contributed by atoms with van der Waals surface area (Å²) >= 11 is 2.90. The zero-order valence-corrected chi connectivity index (χ0v) is 17.2. The third-order valence-electron chi connectivity index (χ3n) is 4.29. The first-order valence-corrected chi connectivity index (χ1v) is 11.0. The molecule has 3 rings (SSSR count). The number of ether oxygens (including phenoxy) is 1. The van der Waals surface area contributed by atoms with Crippen molar-refractivity contribution in [1.29, 1.82) is 5.26 Å². The number of carbonyl (C=O) groups is 2. The van der Waals surface area contributed by atoms with E-state index in [-0.39, 0.29) is 12.0 Å². The molecule has 1 aliphatic heterocycles. The molecule has 0 aliphatic carbocycles. The van der Waals surface area contributed by atoms with Gasteiger partial charge in [0.05, 0.1) is 24.5 Å². The van der Waals surface area contributed by atoms with Gasteiger partial charge < -0.3 is 15.0 Å². The average molecular weight is 416 g/mol. The number of nitrogens with zero attached hydrogens (tertiary/aromatic N) is 2. The third kappa shape index (κ3) is 4.86. The zero-order valence-electron chi connectivity index (χ0n) is 15.6. The van der Waals surface area contributed by atoms with Crippen molar-refractivity contribution in [2.24, 2.45) is 0 Å². The van der Waals surface area contributed by atoms with E-state index in [0.29, 0.717) is 42.4 Å². The summed E-state index contributed by atoms with van der Waals surface area (Å²) in [6.45, 7) is 3.03. The number of thioether (sulfide) groups is 1. The topological polar surface area (TPSA) is 82.4 Å². The molecular weight excluding hydrogens is 394 g/mol. The number of anilines is 1. The van der Waals surface area contributed by atoms with E-state index in [1.54, 1.807) is 11.8 Å². The molecule has 0 radical (unpaired) electrons. The van der Waals surface area contributed by atoms with Crippen molar-refractivity contribution >= 4 is 40.1 Å². The summed E-state index contributed by atoms with van der Waals surface area (Å²) < 4.78 is 5.06. The first kappa shape index (κ1) is 20.2. The molecule has 0 spiro atoms. The summed E-state index contributed by atoms with van der Waals surface area (Å²) in [6, 6.07) is 12.2. The Hall–Kier alpha value is -2.50. The molecule has 1 aromatic heterocycles. The normalized spacial score (nSPS) is 12.8. The number of amides is 2. The van der Waals surface area contributed by atoms with Gasteiger partial charge in [0.1, 0.15) is 11.1 Å². The highest BCUT2D eigenvalue weighted by Gasteiger charge is 2.28. The van der Waals surface area contributed by atoms with Gasteiger partial charge in [0, 0.05) is 17.2 Å². The summed E-state index contributed by atoms with van der Waals surface area (Å²) in [4.78, 5) is 26.8. The smallest absolute Gasteiger partial charge is 0.410 e. The fraction of sp³-hybridized carbons (Fsp3) is 0.350. The van der Waals surface area contributed by atoms with Gasteiger partial charge in [-0.3, -0.25) is 4.79 Å². The average Bonchev–Trinajstić information content (AvgIpc) is 3.04. The highest BCUT2D eigenvalue weighted by atomic mass is 32.2. The third-order valence-corrected chi connectivity index (χ3v) is 6.43. The molecule has 6 nitrogen and oxygen atoms in total. The van der Waals surface area contributed by atoms with Crippen LogP contribution in [0.1, 0.15) is 28.5 Å². The van der Waals surface area contributed by atoms with E-state index in [1.807, 2.05) is 30.3 Å². The Morgan fingerprint density at radius 3 is 2.86 bits per heavy atom. The summed E-state index contributed by atoms with van der Waals surface area (Å²) in [5.74, 6) is 0.949. The van der Waals surface area contributed by atoms with Crippen LogP contribution < -0.4 is 5.32 Å². The van der Waals surface area contributed by atoms with Crippen molar-refractivity contribution in [3.8, 4) is 6.07 Å². The number of benzene rings is 1. The van der Waals surface area contributed by atoms with Crippen LogP contribution in [0.2, 0.25) is 0 Å². The Morgan fingerprint density at radius 1 is 1.36 bits per heavy atom. The maximum Gasteiger partial charge on any atom is 0.410 e. The fourth-order valence-electron chi connectivity index (χ4n) is 2.98. The van der Waals surface area contributed by atoms with E-state index >= 15 is 0 Å². The summed E-state index contributed by atoms with van der Waals surface area (Å²) in [5, 5.41) is 13.0. The van der Waals surface area contributed by atoms with Gasteiger partial charge in [0.25, 0.3) is 0 Å². The van der Waals surface area contributed by atoms with E-state index in [1.165, 1.54) is 28.7 Å². The minimum absolute atomic E-state index is 0.127. The fourth-order valence-corrected chi connectivity index (χ4v) is 5.00. The highest BCUT2D eigenvalue weighted by molar-refractivity contribution is 7.99. The zero-order chi connectivity index (χ0) is 19.9. The van der Waals surface area contributed by atoms with Gasteiger partial charge in [-0.1, -0.05) is 30.3 Å². The summed E-state index contributed by atoms with van der Waals surface area (Å²) in [6.07, 6.45) is 0.245. The first-order chi connectivity index (χ1) is 13.6. The van der Waals surface area contributed by atoms with Gasteiger partial charge in [0.15, 0.2) is 0 Å². The predicted molar refractivity (Wildman–Crippen MR) is 111 cm³/mol. The molecule has 2 heterocycles. The molecule has 8 heteroatoms. The van der Waals surface area contributed by atoms with Gasteiger partial charge in [-0.05, 0) is 24.5 Å². The molecule has 1 aromatic carbocycles. The molecule has 0 saturated carbocycles. The second kappa shape index (κ2) is 9.62. The van der Waals surface area contributed by atoms with Crippen LogP contribution in [0.25, 0.3) is 0 Å². The molecule has 1 N–H and O–H groups in total. The van der Waals surface area contributed by atoms with Gasteiger partial charge in [-0.2, -0.15) is 5.26 Å². The molecule has 2 amide bonds. The number of hydrogen-bond donors (Lipinski definition) is 1. The van der Waals surface area contributed by atoms with Crippen molar-refractivity contribution in [3.63, 3.8) is 0 Å². The Balaban J connectivity index is 1.61. The van der Waals surface area contributed by atoms with Crippen molar-refractivity contribution in [1.82, 2.24) is 4.90 Å². The number of carbonyl (C=O) groups excluding carboxylic acids is 2. The summed E-state index contributed by atoms with van der Waals surface area (Å²) in [7, 11) is 0. The molecule has 28 heavy (non-hydrogen) atoms. The SMILES string of the molecule is CCOC(=O)N1CCc2c(sc(NC(=O)CSCc3ccccc3)c2C#N)C1. The molecular formula is C20H21N3O3S2. The number of nitrogens with one attached hydrogen (secondary N) is 1. The number of rotatable bonds is 6. The van der Waals surface area contributed by atoms with Gasteiger partial charge in [-0.15, -0.1) is 23.1 Å². The second-order valence-electron chi connectivity index (χ2n) is 6.22. The largest absolute Gasteiger partial charge is 0.450 e. The predicted octanol–water partition coefficient (Wildman–Crippen LogP) is 4.01. The maximum absolute atomic E-state index is 12.3. The van der Waals surface area contributed by atoms with E-state index in [4.69, 9.17) is 4.74 Å². The van der Waals surface area contributed by atoms with Crippen LogP contribution in [-0.2, 0) is 28.2 Å². The quantitative estimate of drug-likeness (QED) is 0.771. The van der Waals surface area contributed by atoms with Crippen molar-refractivity contribution < 1.29 is 14.3 Å². The van der Waals surface area contributed by atoms with Crippen LogP contribution in [0.5, 0.6) is 0 Å². The lowest BCUT2D eigenvalue weighted by Gasteiger charge is -2.25. The molecule has 146 valence electrons. The van der Waals surface area contributed by atoms with Gasteiger partial charge >= 0.3 is 6.09 Å². The molecule has 0 saturated heterocycles. The van der Waals surface area contributed by atoms with Crippen LogP contribution in [0.3, 0.4) is 0 Å². The maximum atomic E-state index is 12.3. The Bertz CT molecular complexity index is 890. The lowest BCUT2D eigenvalue weighted by molar-refractivity contribution is -0.113. The number of thiophene rings is 1. The molecule has 0 fully saturated rings. The minimum Gasteiger partial charge on any atom is -0.450 e. The number of nitriles is 1. The Kier molecular flexibility index (Phi) is 6.95. The highest BCUT2D eigenvalue weighted by Crippen LogP contribution is 2.36. The lowest BCUT2D eigenvalue weighted by Crippen LogP contribution is -2.35. The monoisotopic (exact) mass is 415 g/mol.